The predicted molar refractivity (Wildman–Crippen MR) is 77.9 cm³/mol. The fourth-order valence-corrected chi connectivity index (χ4v) is 2.29. The van der Waals surface area contributed by atoms with E-state index in [1.54, 1.807) is 36.4 Å². The van der Waals surface area contributed by atoms with E-state index in [1.807, 2.05) is 6.07 Å². The van der Waals surface area contributed by atoms with Crippen LogP contribution in [0.25, 0.3) is 16.7 Å². The van der Waals surface area contributed by atoms with E-state index in [0.29, 0.717) is 21.0 Å². The molecule has 0 aliphatic carbocycles. The zero-order valence-corrected chi connectivity index (χ0v) is 11.0. The Morgan fingerprint density at radius 1 is 1.15 bits per heavy atom. The molecule has 100 valence electrons. The molecule has 0 bridgehead atoms. The van der Waals surface area contributed by atoms with Crippen molar-refractivity contribution in [2.75, 3.05) is 5.73 Å². The number of rotatable bonds is 1. The number of nitrogen functional groups attached to an aromatic ring is 1. The van der Waals surface area contributed by atoms with Gasteiger partial charge in [-0.15, -0.1) is 0 Å². The van der Waals surface area contributed by atoms with Crippen molar-refractivity contribution in [2.45, 2.75) is 0 Å². The number of benzene rings is 2. The molecule has 6 heteroatoms. The van der Waals surface area contributed by atoms with Gasteiger partial charge in [-0.25, -0.2) is 4.73 Å². The standard InChI is InChI=1S/C14H10ClN3O2/c15-9-6-7-11-12(8-9)18(20)13(16)14(19)17(11)10-4-2-1-3-5-10/h1-8H,16H2. The first-order valence-corrected chi connectivity index (χ1v) is 6.26. The zero-order chi connectivity index (χ0) is 14.3. The van der Waals surface area contributed by atoms with Gasteiger partial charge in [-0.05, 0) is 24.3 Å². The molecule has 0 fully saturated rings. The SMILES string of the molecule is Nc1c(=O)n(-c2ccccc2)c2ccc(Cl)cc2[n+]1[O-]. The molecule has 20 heavy (non-hydrogen) atoms. The highest BCUT2D eigenvalue weighted by Crippen LogP contribution is 2.19. The summed E-state index contributed by atoms with van der Waals surface area (Å²) < 4.78 is 1.80. The van der Waals surface area contributed by atoms with Crippen molar-refractivity contribution < 1.29 is 4.73 Å². The number of aromatic nitrogens is 2. The summed E-state index contributed by atoms with van der Waals surface area (Å²) in [5.74, 6) is -0.386. The Bertz CT molecular complexity index is 860. The minimum absolute atomic E-state index is 0.249. The third-order valence-electron chi connectivity index (χ3n) is 3.05. The van der Waals surface area contributed by atoms with Gasteiger partial charge in [-0.1, -0.05) is 29.8 Å². The molecule has 0 spiro atoms. The van der Waals surface area contributed by atoms with Gasteiger partial charge in [0.2, 0.25) is 0 Å². The molecule has 1 heterocycles. The molecule has 0 aliphatic heterocycles. The van der Waals surface area contributed by atoms with Crippen LogP contribution in [0.3, 0.4) is 0 Å². The van der Waals surface area contributed by atoms with Crippen LogP contribution in [0, 0.1) is 5.21 Å². The maximum atomic E-state index is 12.3. The van der Waals surface area contributed by atoms with Crippen LogP contribution in [0.15, 0.2) is 53.3 Å². The van der Waals surface area contributed by atoms with Crippen molar-refractivity contribution >= 4 is 28.5 Å². The summed E-state index contributed by atoms with van der Waals surface area (Å²) in [6.07, 6.45) is 0. The van der Waals surface area contributed by atoms with E-state index < -0.39 is 5.56 Å². The molecule has 3 rings (SSSR count). The molecule has 2 N–H and O–H groups in total. The van der Waals surface area contributed by atoms with Crippen LogP contribution < -0.4 is 16.0 Å². The van der Waals surface area contributed by atoms with Crippen LogP contribution in [-0.2, 0) is 0 Å². The number of halogens is 1. The first kappa shape index (κ1) is 12.5. The van der Waals surface area contributed by atoms with Crippen molar-refractivity contribution in [3.05, 3.63) is 69.1 Å². The lowest BCUT2D eigenvalue weighted by Gasteiger charge is -2.14. The maximum absolute atomic E-state index is 12.3. The average molecular weight is 288 g/mol. The lowest BCUT2D eigenvalue weighted by atomic mass is 10.2. The van der Waals surface area contributed by atoms with Gasteiger partial charge >= 0.3 is 11.4 Å². The van der Waals surface area contributed by atoms with Crippen molar-refractivity contribution in [3.8, 4) is 5.69 Å². The van der Waals surface area contributed by atoms with Crippen molar-refractivity contribution in [3.63, 3.8) is 0 Å². The Labute approximate surface area is 119 Å². The molecule has 0 unspecified atom stereocenters. The second-order valence-electron chi connectivity index (χ2n) is 4.29. The topological polar surface area (TPSA) is 75.0 Å². The molecule has 5 nitrogen and oxygen atoms in total. The fourth-order valence-electron chi connectivity index (χ4n) is 2.12. The van der Waals surface area contributed by atoms with Crippen LogP contribution in [-0.4, -0.2) is 4.57 Å². The smallest absolute Gasteiger partial charge is 0.345 e. The molecule has 0 aliphatic rings. The lowest BCUT2D eigenvalue weighted by molar-refractivity contribution is -0.562. The second kappa shape index (κ2) is 4.54. The van der Waals surface area contributed by atoms with Crippen molar-refractivity contribution in [1.29, 1.82) is 0 Å². The first-order valence-electron chi connectivity index (χ1n) is 5.88. The molecule has 1 aromatic heterocycles. The van der Waals surface area contributed by atoms with Gasteiger partial charge in [0.1, 0.15) is 0 Å². The summed E-state index contributed by atoms with van der Waals surface area (Å²) in [5, 5.41) is 12.4. The van der Waals surface area contributed by atoms with Crippen LogP contribution in [0.5, 0.6) is 0 Å². The predicted octanol–water partition coefficient (Wildman–Crippen LogP) is 1.86. The number of nitrogens with zero attached hydrogens (tertiary/aromatic N) is 2. The highest BCUT2D eigenvalue weighted by molar-refractivity contribution is 6.31. The van der Waals surface area contributed by atoms with E-state index >= 15 is 0 Å². The Kier molecular flexibility index (Phi) is 2.84. The second-order valence-corrected chi connectivity index (χ2v) is 4.73. The molecule has 0 amide bonds. The maximum Gasteiger partial charge on any atom is 0.345 e. The molecule has 0 saturated heterocycles. The minimum Gasteiger partial charge on any atom is -0.710 e. The summed E-state index contributed by atoms with van der Waals surface area (Å²) >= 11 is 5.90. The van der Waals surface area contributed by atoms with Crippen molar-refractivity contribution in [2.24, 2.45) is 0 Å². The van der Waals surface area contributed by atoms with Gasteiger partial charge < -0.3 is 5.21 Å². The highest BCUT2D eigenvalue weighted by Gasteiger charge is 2.16. The van der Waals surface area contributed by atoms with Gasteiger partial charge in [0.25, 0.3) is 0 Å². The van der Waals surface area contributed by atoms with E-state index in [1.165, 1.54) is 10.6 Å². The van der Waals surface area contributed by atoms with Crippen LogP contribution >= 0.6 is 11.6 Å². The van der Waals surface area contributed by atoms with E-state index in [4.69, 9.17) is 17.3 Å². The molecule has 0 atom stereocenters. The van der Waals surface area contributed by atoms with Crippen molar-refractivity contribution in [1.82, 2.24) is 4.57 Å². The molecule has 2 aromatic carbocycles. The largest absolute Gasteiger partial charge is 0.710 e. The summed E-state index contributed by atoms with van der Waals surface area (Å²) in [7, 11) is 0. The molecule has 3 aromatic rings. The molecular formula is C14H10ClN3O2. The Morgan fingerprint density at radius 3 is 2.55 bits per heavy atom. The minimum atomic E-state index is -0.555. The Balaban J connectivity index is 2.52. The van der Waals surface area contributed by atoms with Gasteiger partial charge in [0.15, 0.2) is 5.52 Å². The first-order chi connectivity index (χ1) is 9.59. The molecule has 0 radical (unpaired) electrons. The van der Waals surface area contributed by atoms with Gasteiger partial charge in [0.05, 0.1) is 5.52 Å². The number of hydrogen-bond donors (Lipinski definition) is 1. The number of hydrogen-bond acceptors (Lipinski definition) is 3. The molecular weight excluding hydrogens is 278 g/mol. The number of nitrogens with two attached hydrogens (primary N) is 1. The van der Waals surface area contributed by atoms with Gasteiger partial charge in [0, 0.05) is 16.8 Å². The number of para-hydroxylation sites is 1. The lowest BCUT2D eigenvalue weighted by Crippen LogP contribution is -2.41. The van der Waals surface area contributed by atoms with Gasteiger partial charge in [-0.2, -0.15) is 0 Å². The highest BCUT2D eigenvalue weighted by atomic mass is 35.5. The summed E-state index contributed by atoms with van der Waals surface area (Å²) in [5.41, 5.74) is 6.39. The van der Waals surface area contributed by atoms with E-state index in [2.05, 4.69) is 0 Å². The van der Waals surface area contributed by atoms with Crippen LogP contribution in [0.4, 0.5) is 5.82 Å². The normalized spacial score (nSPS) is 10.8. The molecule has 0 saturated carbocycles. The zero-order valence-electron chi connectivity index (χ0n) is 10.3. The van der Waals surface area contributed by atoms with E-state index in [-0.39, 0.29) is 11.3 Å². The Morgan fingerprint density at radius 2 is 1.85 bits per heavy atom. The average Bonchev–Trinajstić information content (AvgIpc) is 2.47. The summed E-state index contributed by atoms with van der Waals surface area (Å²) in [6.45, 7) is 0. The third kappa shape index (κ3) is 1.80. The van der Waals surface area contributed by atoms with Crippen LogP contribution in [0.2, 0.25) is 5.02 Å². The quantitative estimate of drug-likeness (QED) is 0.548. The van der Waals surface area contributed by atoms with E-state index in [0.717, 1.165) is 0 Å². The van der Waals surface area contributed by atoms with Crippen LogP contribution in [0.1, 0.15) is 0 Å². The Hall–Kier alpha value is -2.53. The van der Waals surface area contributed by atoms with E-state index in [9.17, 15) is 10.0 Å². The summed E-state index contributed by atoms with van der Waals surface area (Å²) in [6, 6.07) is 13.7. The fraction of sp³-hybridized carbons (Fsp3) is 0. The number of anilines is 1. The number of fused-ring (bicyclic) bond motifs is 1. The third-order valence-corrected chi connectivity index (χ3v) is 3.29. The summed E-state index contributed by atoms with van der Waals surface area (Å²) in [4.78, 5) is 12.3. The van der Waals surface area contributed by atoms with Gasteiger partial charge in [-0.3, -0.25) is 15.1 Å². The monoisotopic (exact) mass is 287 g/mol.